The van der Waals surface area contributed by atoms with Crippen molar-refractivity contribution in [3.05, 3.63) is 41.0 Å². The fourth-order valence-electron chi connectivity index (χ4n) is 3.84. The fourth-order valence-corrected chi connectivity index (χ4v) is 3.84. The van der Waals surface area contributed by atoms with Gasteiger partial charge in [0.1, 0.15) is 17.6 Å². The molecular formula is C23H30N4O4. The monoisotopic (exact) mass is 426 g/mol. The predicted octanol–water partition coefficient (Wildman–Crippen LogP) is 2.70. The number of pyridine rings is 1. The minimum atomic E-state index is -0.189. The normalized spacial score (nSPS) is 22.2. The largest absolute Gasteiger partial charge is 0.493 e. The molecule has 2 aliphatic heterocycles. The number of likely N-dealkylation sites (tertiary alicyclic amines) is 1. The number of aromatic nitrogens is 1. The minimum Gasteiger partial charge on any atom is -0.493 e. The summed E-state index contributed by atoms with van der Waals surface area (Å²) in [7, 11) is 3.23. The molecule has 8 heteroatoms. The third-order valence-corrected chi connectivity index (χ3v) is 6.25. The molecule has 3 heterocycles. The molecule has 0 bridgehead atoms. The number of amides is 1. The van der Waals surface area contributed by atoms with Crippen molar-refractivity contribution in [1.29, 1.82) is 0 Å². The lowest BCUT2D eigenvalue weighted by molar-refractivity contribution is 0.0735. The molecule has 3 aliphatic rings. The van der Waals surface area contributed by atoms with Crippen molar-refractivity contribution in [3.63, 3.8) is 0 Å². The van der Waals surface area contributed by atoms with E-state index in [1.807, 2.05) is 11.0 Å². The van der Waals surface area contributed by atoms with Gasteiger partial charge in [-0.3, -0.25) is 4.79 Å². The second-order valence-electron chi connectivity index (χ2n) is 8.68. The van der Waals surface area contributed by atoms with Gasteiger partial charge in [-0.1, -0.05) is 12.5 Å². The first-order valence-electron chi connectivity index (χ1n) is 10.6. The summed E-state index contributed by atoms with van der Waals surface area (Å²) in [6, 6.07) is 1.67. The summed E-state index contributed by atoms with van der Waals surface area (Å²) in [6.45, 7) is 4.06. The van der Waals surface area contributed by atoms with E-state index >= 15 is 0 Å². The molecule has 4 rings (SSSR count). The van der Waals surface area contributed by atoms with Crippen LogP contribution in [0.2, 0.25) is 0 Å². The van der Waals surface area contributed by atoms with Crippen molar-refractivity contribution in [2.24, 2.45) is 16.1 Å². The van der Waals surface area contributed by atoms with Crippen LogP contribution in [-0.4, -0.2) is 62.0 Å². The molecule has 8 nitrogen and oxygen atoms in total. The van der Waals surface area contributed by atoms with Crippen molar-refractivity contribution in [2.75, 3.05) is 33.9 Å². The van der Waals surface area contributed by atoms with Crippen LogP contribution in [0.25, 0.3) is 0 Å². The lowest BCUT2D eigenvalue weighted by atomic mass is 9.94. The van der Waals surface area contributed by atoms with Crippen molar-refractivity contribution in [3.8, 4) is 11.5 Å². The van der Waals surface area contributed by atoms with Crippen LogP contribution in [0.15, 0.2) is 40.3 Å². The van der Waals surface area contributed by atoms with Crippen molar-refractivity contribution in [1.82, 2.24) is 9.88 Å². The summed E-state index contributed by atoms with van der Waals surface area (Å²) < 4.78 is 16.9. The van der Waals surface area contributed by atoms with Gasteiger partial charge in [-0.05, 0) is 31.8 Å². The molecule has 2 N–H and O–H groups in total. The Morgan fingerprint density at radius 3 is 2.65 bits per heavy atom. The summed E-state index contributed by atoms with van der Waals surface area (Å²) in [6.07, 6.45) is 8.86. The van der Waals surface area contributed by atoms with Crippen molar-refractivity contribution < 1.29 is 19.0 Å². The molecule has 1 saturated heterocycles. The van der Waals surface area contributed by atoms with Crippen molar-refractivity contribution in [2.45, 2.75) is 38.7 Å². The summed E-state index contributed by atoms with van der Waals surface area (Å²) in [5.41, 5.74) is 8.68. The lowest BCUT2D eigenvalue weighted by Crippen LogP contribution is -2.37. The number of carbonyl (C=O) groups is 1. The van der Waals surface area contributed by atoms with Gasteiger partial charge in [0.05, 0.1) is 19.9 Å². The summed E-state index contributed by atoms with van der Waals surface area (Å²) >= 11 is 0. The van der Waals surface area contributed by atoms with E-state index in [2.05, 4.69) is 16.9 Å². The van der Waals surface area contributed by atoms with Gasteiger partial charge in [0, 0.05) is 43.5 Å². The molecule has 31 heavy (non-hydrogen) atoms. The maximum absolute atomic E-state index is 13.0. The quantitative estimate of drug-likeness (QED) is 0.751. The number of carbonyl (C=O) groups excluding carboxylic acids is 1. The maximum Gasteiger partial charge on any atom is 0.272 e. The molecule has 0 radical (unpaired) electrons. The molecule has 1 aliphatic carbocycles. The van der Waals surface area contributed by atoms with Gasteiger partial charge in [0.2, 0.25) is 0 Å². The van der Waals surface area contributed by atoms with Crippen LogP contribution < -0.4 is 15.2 Å². The van der Waals surface area contributed by atoms with Crippen LogP contribution in [0.1, 0.15) is 43.1 Å². The van der Waals surface area contributed by atoms with E-state index in [0.717, 1.165) is 18.4 Å². The van der Waals surface area contributed by atoms with Gasteiger partial charge >= 0.3 is 0 Å². The third kappa shape index (κ3) is 4.74. The Bertz CT molecular complexity index is 939. The minimum absolute atomic E-state index is 0.104. The van der Waals surface area contributed by atoms with Gasteiger partial charge in [-0.2, -0.15) is 0 Å². The average molecular weight is 427 g/mol. The zero-order chi connectivity index (χ0) is 22.0. The Kier molecular flexibility index (Phi) is 6.00. The van der Waals surface area contributed by atoms with Crippen LogP contribution in [0, 0.1) is 5.41 Å². The van der Waals surface area contributed by atoms with Gasteiger partial charge in [-0.25, -0.2) is 9.98 Å². The molecule has 0 aromatic carbocycles. The number of hydrogen-bond donors (Lipinski definition) is 1. The van der Waals surface area contributed by atoms with Crippen molar-refractivity contribution >= 4 is 12.1 Å². The maximum atomic E-state index is 13.0. The zero-order valence-electron chi connectivity index (χ0n) is 18.4. The summed E-state index contributed by atoms with van der Waals surface area (Å²) in [5, 5.41) is 0. The molecule has 0 spiro atoms. The van der Waals surface area contributed by atoms with E-state index < -0.39 is 0 Å². The SMILES string of the molecule is COc1cc(C(=O)N2CCC(=C3C=NC(N)=CC3OC)CC2)ncc1OCC1(C)CC1. The number of rotatable bonds is 6. The van der Waals surface area contributed by atoms with Crippen LogP contribution in [0.5, 0.6) is 11.5 Å². The number of piperidine rings is 1. The molecular weight excluding hydrogens is 396 g/mol. The molecule has 1 unspecified atom stereocenters. The highest BCUT2D eigenvalue weighted by atomic mass is 16.5. The summed E-state index contributed by atoms with van der Waals surface area (Å²) in [5.74, 6) is 1.47. The highest BCUT2D eigenvalue weighted by molar-refractivity contribution is 5.93. The Morgan fingerprint density at radius 2 is 2.00 bits per heavy atom. The topological polar surface area (TPSA) is 99.3 Å². The smallest absolute Gasteiger partial charge is 0.272 e. The first kappa shape index (κ1) is 21.4. The van der Waals surface area contributed by atoms with Gasteiger partial charge in [-0.15, -0.1) is 0 Å². The first-order chi connectivity index (χ1) is 14.9. The summed E-state index contributed by atoms with van der Waals surface area (Å²) in [4.78, 5) is 23.4. The average Bonchev–Trinajstić information content (AvgIpc) is 3.54. The van der Waals surface area contributed by atoms with Gasteiger partial charge in [0.25, 0.3) is 5.91 Å². The fraction of sp³-hybridized carbons (Fsp3) is 0.522. The Balaban J connectivity index is 1.41. The van der Waals surface area contributed by atoms with E-state index in [1.165, 1.54) is 18.4 Å². The second-order valence-corrected chi connectivity index (χ2v) is 8.68. The molecule has 1 amide bonds. The van der Waals surface area contributed by atoms with Crippen LogP contribution in [0.3, 0.4) is 0 Å². The zero-order valence-corrected chi connectivity index (χ0v) is 18.4. The second kappa shape index (κ2) is 8.70. The molecule has 1 saturated carbocycles. The van der Waals surface area contributed by atoms with E-state index in [1.54, 1.807) is 32.7 Å². The third-order valence-electron chi connectivity index (χ3n) is 6.25. The Hall–Kier alpha value is -2.87. The standard InChI is InChI=1S/C23H30N4O4/c1-23(6-7-23)14-31-20-13-25-17(10-19(20)30-3)22(28)27-8-4-15(5-9-27)16-12-26-21(24)11-18(16)29-2/h10-13,18H,4-9,14,24H2,1-3H3. The highest BCUT2D eigenvalue weighted by Crippen LogP contribution is 2.45. The Labute approximate surface area is 182 Å². The number of aliphatic imine (C=N–C) groups is 1. The predicted molar refractivity (Wildman–Crippen MR) is 117 cm³/mol. The highest BCUT2D eigenvalue weighted by Gasteiger charge is 2.38. The molecule has 1 atom stereocenters. The number of ether oxygens (including phenoxy) is 3. The van der Waals surface area contributed by atoms with Gasteiger partial charge in [0.15, 0.2) is 11.5 Å². The molecule has 1 aromatic heterocycles. The molecule has 1 aromatic rings. The van der Waals surface area contributed by atoms with Crippen LogP contribution in [0.4, 0.5) is 0 Å². The van der Waals surface area contributed by atoms with Crippen LogP contribution >= 0.6 is 0 Å². The van der Waals surface area contributed by atoms with E-state index in [9.17, 15) is 4.79 Å². The number of methoxy groups -OCH3 is 2. The molecule has 166 valence electrons. The molecule has 2 fully saturated rings. The lowest BCUT2D eigenvalue weighted by Gasteiger charge is -2.31. The number of nitrogens with two attached hydrogens (primary N) is 1. The number of hydrogen-bond acceptors (Lipinski definition) is 7. The Morgan fingerprint density at radius 1 is 1.26 bits per heavy atom. The first-order valence-corrected chi connectivity index (χ1v) is 10.6. The van der Waals surface area contributed by atoms with Gasteiger partial charge < -0.3 is 24.8 Å². The van der Waals surface area contributed by atoms with E-state index in [4.69, 9.17) is 19.9 Å². The van der Waals surface area contributed by atoms with E-state index in [0.29, 0.717) is 42.7 Å². The van der Waals surface area contributed by atoms with Crippen LogP contribution in [-0.2, 0) is 4.74 Å². The van der Waals surface area contributed by atoms with E-state index in [-0.39, 0.29) is 17.4 Å². The number of nitrogens with zero attached hydrogens (tertiary/aromatic N) is 3.